The molecule has 0 aliphatic carbocycles. The number of hydrogen-bond donors (Lipinski definition) is 2. The first-order valence-corrected chi connectivity index (χ1v) is 5.60. The Morgan fingerprint density at radius 1 is 1.19 bits per heavy atom. The zero-order valence-electron chi connectivity index (χ0n) is 7.74. The quantitative estimate of drug-likeness (QED) is 0.674. The molecule has 6 nitrogen and oxygen atoms in total. The second-order valence-electron chi connectivity index (χ2n) is 2.82. The van der Waals surface area contributed by atoms with Crippen LogP contribution in [-0.2, 0) is 19.4 Å². The minimum absolute atomic E-state index is 1.28. The summed E-state index contributed by atoms with van der Waals surface area (Å²) in [5.74, 6) is -5.65. The molecule has 0 aliphatic heterocycles. The summed E-state index contributed by atoms with van der Waals surface area (Å²) in [5, 5.41) is 9.45. The first kappa shape index (κ1) is 14.7. The van der Waals surface area contributed by atoms with E-state index in [2.05, 4.69) is 0 Å². The lowest BCUT2D eigenvalue weighted by Gasteiger charge is -2.07. The van der Waals surface area contributed by atoms with Crippen LogP contribution in [0.1, 0.15) is 0 Å². The van der Waals surface area contributed by atoms with Crippen LogP contribution in [0.25, 0.3) is 0 Å². The summed E-state index contributed by atoms with van der Waals surface area (Å²) in [7, 11) is -4.23. The standard InChI is InChI=1S/C6H8F3NO5S/c7-6(8,9)3-10-4(11)1-16(14,15)2-5(12)13/h1-3H2,(H,10,11)(H,12,13). The van der Waals surface area contributed by atoms with E-state index in [1.165, 1.54) is 5.32 Å². The second-order valence-corrected chi connectivity index (χ2v) is 4.88. The zero-order valence-corrected chi connectivity index (χ0v) is 8.56. The van der Waals surface area contributed by atoms with Crippen LogP contribution in [0.2, 0.25) is 0 Å². The highest BCUT2D eigenvalue weighted by molar-refractivity contribution is 7.92. The van der Waals surface area contributed by atoms with E-state index in [0.29, 0.717) is 0 Å². The lowest BCUT2D eigenvalue weighted by molar-refractivity contribution is -0.137. The zero-order chi connectivity index (χ0) is 13.0. The summed E-state index contributed by atoms with van der Waals surface area (Å²) < 4.78 is 56.5. The summed E-state index contributed by atoms with van der Waals surface area (Å²) in [6.45, 7) is -1.66. The second kappa shape index (κ2) is 5.14. The molecule has 0 aromatic rings. The van der Waals surface area contributed by atoms with Crippen molar-refractivity contribution in [2.75, 3.05) is 18.1 Å². The molecule has 16 heavy (non-hydrogen) atoms. The number of nitrogens with one attached hydrogen (secondary N) is 1. The van der Waals surface area contributed by atoms with Crippen molar-refractivity contribution in [3.05, 3.63) is 0 Å². The minimum Gasteiger partial charge on any atom is -0.480 e. The van der Waals surface area contributed by atoms with E-state index in [9.17, 15) is 31.2 Å². The Balaban J connectivity index is 4.20. The molecular formula is C6H8F3NO5S. The maximum Gasteiger partial charge on any atom is 0.405 e. The summed E-state index contributed by atoms with van der Waals surface area (Å²) in [5.41, 5.74) is 0. The molecule has 0 spiro atoms. The van der Waals surface area contributed by atoms with E-state index < -0.39 is 45.9 Å². The number of rotatable bonds is 5. The molecule has 0 heterocycles. The van der Waals surface area contributed by atoms with Crippen LogP contribution in [0.15, 0.2) is 0 Å². The van der Waals surface area contributed by atoms with Gasteiger partial charge in [0, 0.05) is 0 Å². The van der Waals surface area contributed by atoms with Gasteiger partial charge in [-0.05, 0) is 0 Å². The van der Waals surface area contributed by atoms with Crippen molar-refractivity contribution in [1.82, 2.24) is 5.32 Å². The number of hydrogen-bond acceptors (Lipinski definition) is 4. The molecule has 0 radical (unpaired) electrons. The van der Waals surface area contributed by atoms with Crippen molar-refractivity contribution in [3.63, 3.8) is 0 Å². The highest BCUT2D eigenvalue weighted by atomic mass is 32.2. The van der Waals surface area contributed by atoms with Crippen LogP contribution >= 0.6 is 0 Å². The van der Waals surface area contributed by atoms with Gasteiger partial charge in [-0.25, -0.2) is 8.42 Å². The predicted octanol–water partition coefficient (Wildman–Crippen LogP) is -0.836. The lowest BCUT2D eigenvalue weighted by Crippen LogP contribution is -2.38. The highest BCUT2D eigenvalue weighted by Crippen LogP contribution is 2.12. The Bertz CT molecular complexity index is 374. The Morgan fingerprint density at radius 2 is 1.69 bits per heavy atom. The fourth-order valence-electron chi connectivity index (χ4n) is 0.689. The molecule has 0 aliphatic rings. The monoisotopic (exact) mass is 263 g/mol. The number of carbonyl (C=O) groups is 2. The third-order valence-corrected chi connectivity index (χ3v) is 2.57. The van der Waals surface area contributed by atoms with Crippen molar-refractivity contribution in [2.45, 2.75) is 6.18 Å². The molecule has 0 aromatic heterocycles. The maximum atomic E-state index is 11.6. The van der Waals surface area contributed by atoms with Crippen LogP contribution in [0.5, 0.6) is 0 Å². The Kier molecular flexibility index (Phi) is 4.72. The number of carboxylic acid groups (broad SMARTS) is 1. The first-order chi connectivity index (χ1) is 7.02. The van der Waals surface area contributed by atoms with Gasteiger partial charge in [0.05, 0.1) is 0 Å². The molecule has 0 saturated carbocycles. The predicted molar refractivity (Wildman–Crippen MR) is 45.4 cm³/mol. The Hall–Kier alpha value is -1.32. The van der Waals surface area contributed by atoms with Crippen molar-refractivity contribution >= 4 is 21.7 Å². The fourth-order valence-corrected chi connectivity index (χ4v) is 1.67. The van der Waals surface area contributed by atoms with E-state index in [1.807, 2.05) is 0 Å². The minimum atomic E-state index is -4.65. The fraction of sp³-hybridized carbons (Fsp3) is 0.667. The molecule has 10 heteroatoms. The lowest BCUT2D eigenvalue weighted by atomic mass is 10.6. The van der Waals surface area contributed by atoms with E-state index in [4.69, 9.17) is 5.11 Å². The van der Waals surface area contributed by atoms with E-state index in [-0.39, 0.29) is 0 Å². The number of carbonyl (C=O) groups excluding carboxylic acids is 1. The van der Waals surface area contributed by atoms with Gasteiger partial charge < -0.3 is 10.4 Å². The Morgan fingerprint density at radius 3 is 2.06 bits per heavy atom. The van der Waals surface area contributed by atoms with Gasteiger partial charge >= 0.3 is 12.1 Å². The van der Waals surface area contributed by atoms with Gasteiger partial charge in [-0.3, -0.25) is 9.59 Å². The van der Waals surface area contributed by atoms with Gasteiger partial charge in [0.25, 0.3) is 0 Å². The van der Waals surface area contributed by atoms with Crippen LogP contribution in [0.3, 0.4) is 0 Å². The number of sulfone groups is 1. The molecule has 0 bridgehead atoms. The molecule has 1 amide bonds. The molecule has 0 saturated heterocycles. The number of halogens is 3. The number of carboxylic acids is 1. The van der Waals surface area contributed by atoms with Crippen molar-refractivity contribution in [2.24, 2.45) is 0 Å². The normalized spacial score (nSPS) is 12.2. The maximum absolute atomic E-state index is 11.6. The largest absolute Gasteiger partial charge is 0.480 e. The molecule has 2 N–H and O–H groups in total. The average Bonchev–Trinajstić information content (AvgIpc) is 1.95. The third-order valence-electron chi connectivity index (χ3n) is 1.18. The van der Waals surface area contributed by atoms with Gasteiger partial charge in [-0.1, -0.05) is 0 Å². The smallest absolute Gasteiger partial charge is 0.405 e. The molecule has 94 valence electrons. The topological polar surface area (TPSA) is 101 Å². The number of alkyl halides is 3. The summed E-state index contributed by atoms with van der Waals surface area (Å²) in [6, 6.07) is 0. The van der Waals surface area contributed by atoms with Crippen molar-refractivity contribution in [1.29, 1.82) is 0 Å². The third kappa shape index (κ3) is 8.03. The van der Waals surface area contributed by atoms with Gasteiger partial charge in [-0.2, -0.15) is 13.2 Å². The molecule has 0 fully saturated rings. The molecule has 0 rings (SSSR count). The van der Waals surface area contributed by atoms with Crippen LogP contribution < -0.4 is 5.32 Å². The van der Waals surface area contributed by atoms with Crippen molar-refractivity contribution < 1.29 is 36.3 Å². The summed E-state index contributed by atoms with van der Waals surface area (Å²) >= 11 is 0. The van der Waals surface area contributed by atoms with E-state index in [1.54, 1.807) is 0 Å². The van der Waals surface area contributed by atoms with Gasteiger partial charge in [0.1, 0.15) is 18.1 Å². The van der Waals surface area contributed by atoms with Crippen LogP contribution in [0, 0.1) is 0 Å². The van der Waals surface area contributed by atoms with Crippen LogP contribution in [0.4, 0.5) is 13.2 Å². The SMILES string of the molecule is O=C(O)CS(=O)(=O)CC(=O)NCC(F)(F)F. The first-order valence-electron chi connectivity index (χ1n) is 3.77. The molecule has 0 unspecified atom stereocenters. The average molecular weight is 263 g/mol. The number of amides is 1. The Labute approximate surface area is 88.4 Å². The molecule has 0 atom stereocenters. The van der Waals surface area contributed by atoms with Gasteiger partial charge in [0.15, 0.2) is 9.84 Å². The van der Waals surface area contributed by atoms with E-state index in [0.717, 1.165) is 0 Å². The van der Waals surface area contributed by atoms with Crippen LogP contribution in [-0.4, -0.2) is 49.6 Å². The van der Waals surface area contributed by atoms with Gasteiger partial charge in [0.2, 0.25) is 5.91 Å². The molecular weight excluding hydrogens is 255 g/mol. The van der Waals surface area contributed by atoms with Crippen molar-refractivity contribution in [3.8, 4) is 0 Å². The van der Waals surface area contributed by atoms with Gasteiger partial charge in [-0.15, -0.1) is 0 Å². The summed E-state index contributed by atoms with van der Waals surface area (Å²) in [4.78, 5) is 20.7. The number of aliphatic carboxylic acids is 1. The highest BCUT2D eigenvalue weighted by Gasteiger charge is 2.29. The molecule has 0 aromatic carbocycles. The van der Waals surface area contributed by atoms with E-state index >= 15 is 0 Å². The summed E-state index contributed by atoms with van der Waals surface area (Å²) in [6.07, 6.45) is -4.65.